The zero-order valence-electron chi connectivity index (χ0n) is 9.64. The van der Waals surface area contributed by atoms with Gasteiger partial charge in [-0.2, -0.15) is 35.4 Å². The molecular weight excluding hydrogens is 263 g/mol. The second-order valence-electron chi connectivity index (χ2n) is 3.87. The van der Waals surface area contributed by atoms with Gasteiger partial charge in [0, 0.05) is 0 Å². The Balaban J connectivity index is -0.000000480. The molecule has 1 rings (SSSR count). The van der Waals surface area contributed by atoms with E-state index < -0.39 is 0 Å². The minimum Gasteiger partial charge on any atom is -1.00 e. The standard InChI is InChI=1S/C12H17.2ClH.Ti/c1-9(2)11-6-5-7-12(8-11)10(3)4;;;/h5-7,9-10H,1-4H3;2*1H;/q-1;;;+3/p-2. The maximum Gasteiger partial charge on any atom is 3.00 e. The fourth-order valence-electron chi connectivity index (χ4n) is 1.18. The van der Waals surface area contributed by atoms with Crippen molar-refractivity contribution < 1.29 is 46.5 Å². The molecule has 1 aromatic carbocycles. The van der Waals surface area contributed by atoms with Gasteiger partial charge in [-0.1, -0.05) is 27.7 Å². The normalized spacial score (nSPS) is 8.93. The zero-order chi connectivity index (χ0) is 9.14. The van der Waals surface area contributed by atoms with Gasteiger partial charge in [-0.15, -0.1) is 0 Å². The predicted molar refractivity (Wildman–Crippen MR) is 53.5 cm³/mol. The van der Waals surface area contributed by atoms with Crippen molar-refractivity contribution in [1.82, 2.24) is 0 Å². The van der Waals surface area contributed by atoms with Crippen LogP contribution in [0.3, 0.4) is 0 Å². The summed E-state index contributed by atoms with van der Waals surface area (Å²) in [5, 5.41) is 0. The van der Waals surface area contributed by atoms with E-state index in [-0.39, 0.29) is 46.5 Å². The Kier molecular flexibility index (Phi) is 13.5. The SMILES string of the molecule is CC(C)c1[c-]c(C(C)C)ccc1.[Cl-].[Cl-].[Ti+3]. The van der Waals surface area contributed by atoms with E-state index in [1.807, 2.05) is 0 Å². The van der Waals surface area contributed by atoms with Crippen LogP contribution in [0.15, 0.2) is 18.2 Å². The fourth-order valence-corrected chi connectivity index (χ4v) is 1.18. The molecule has 83 valence electrons. The quantitative estimate of drug-likeness (QED) is 0.424. The molecule has 0 atom stereocenters. The van der Waals surface area contributed by atoms with Gasteiger partial charge in [0.05, 0.1) is 0 Å². The third kappa shape index (κ3) is 6.63. The van der Waals surface area contributed by atoms with Crippen molar-refractivity contribution in [3.63, 3.8) is 0 Å². The average Bonchev–Trinajstić information content (AvgIpc) is 2.04. The molecule has 0 spiro atoms. The molecule has 0 saturated heterocycles. The van der Waals surface area contributed by atoms with E-state index in [1.165, 1.54) is 11.1 Å². The monoisotopic (exact) mass is 279 g/mol. The summed E-state index contributed by atoms with van der Waals surface area (Å²) in [4.78, 5) is 0. The summed E-state index contributed by atoms with van der Waals surface area (Å²) in [6.07, 6.45) is 0. The molecule has 0 amide bonds. The Morgan fingerprint density at radius 2 is 1.20 bits per heavy atom. The van der Waals surface area contributed by atoms with Crippen LogP contribution in [-0.2, 0) is 21.7 Å². The molecule has 1 radical (unpaired) electrons. The predicted octanol–water partition coefficient (Wildman–Crippen LogP) is -2.26. The van der Waals surface area contributed by atoms with Crippen LogP contribution in [0, 0.1) is 6.07 Å². The third-order valence-electron chi connectivity index (χ3n) is 2.08. The second-order valence-corrected chi connectivity index (χ2v) is 3.87. The van der Waals surface area contributed by atoms with Gasteiger partial charge in [0.15, 0.2) is 0 Å². The molecule has 1 aromatic rings. The number of rotatable bonds is 2. The molecule has 0 aliphatic carbocycles. The molecule has 0 saturated carbocycles. The van der Waals surface area contributed by atoms with Gasteiger partial charge in [-0.3, -0.25) is 0 Å². The molecule has 15 heavy (non-hydrogen) atoms. The molecule has 0 fully saturated rings. The van der Waals surface area contributed by atoms with Gasteiger partial charge in [0.25, 0.3) is 0 Å². The van der Waals surface area contributed by atoms with E-state index >= 15 is 0 Å². The minimum atomic E-state index is 0. The molecule has 0 unspecified atom stereocenters. The first kappa shape index (κ1) is 20.9. The number of hydrogen-bond donors (Lipinski definition) is 0. The van der Waals surface area contributed by atoms with Gasteiger partial charge >= 0.3 is 21.7 Å². The van der Waals surface area contributed by atoms with Gasteiger partial charge in [0.2, 0.25) is 0 Å². The van der Waals surface area contributed by atoms with Crippen LogP contribution >= 0.6 is 0 Å². The van der Waals surface area contributed by atoms with Gasteiger partial charge in [0.1, 0.15) is 0 Å². The molecule has 0 aliphatic heterocycles. The Morgan fingerprint density at radius 3 is 1.47 bits per heavy atom. The molecule has 0 aromatic heterocycles. The third-order valence-corrected chi connectivity index (χ3v) is 2.08. The van der Waals surface area contributed by atoms with E-state index in [0.717, 1.165) is 0 Å². The summed E-state index contributed by atoms with van der Waals surface area (Å²) in [7, 11) is 0. The topological polar surface area (TPSA) is 0 Å². The summed E-state index contributed by atoms with van der Waals surface area (Å²) in [5.41, 5.74) is 2.64. The van der Waals surface area contributed by atoms with E-state index in [4.69, 9.17) is 0 Å². The maximum absolute atomic E-state index is 3.44. The number of halogens is 2. The summed E-state index contributed by atoms with van der Waals surface area (Å²) in [6.45, 7) is 8.82. The van der Waals surface area contributed by atoms with Crippen LogP contribution in [0.5, 0.6) is 0 Å². The van der Waals surface area contributed by atoms with E-state index in [0.29, 0.717) is 11.8 Å². The van der Waals surface area contributed by atoms with Crippen LogP contribution in [0.25, 0.3) is 0 Å². The van der Waals surface area contributed by atoms with E-state index in [9.17, 15) is 0 Å². The average molecular weight is 280 g/mol. The van der Waals surface area contributed by atoms with Crippen molar-refractivity contribution in [3.8, 4) is 0 Å². The number of benzene rings is 1. The van der Waals surface area contributed by atoms with Crippen LogP contribution in [0.4, 0.5) is 0 Å². The smallest absolute Gasteiger partial charge is 1.00 e. The molecule has 0 aliphatic rings. The van der Waals surface area contributed by atoms with Gasteiger partial charge in [-0.25, -0.2) is 0 Å². The van der Waals surface area contributed by atoms with Crippen molar-refractivity contribution in [2.75, 3.05) is 0 Å². The fraction of sp³-hybridized carbons (Fsp3) is 0.500. The summed E-state index contributed by atoms with van der Waals surface area (Å²) < 4.78 is 0. The van der Waals surface area contributed by atoms with E-state index in [1.54, 1.807) is 0 Å². The Bertz CT molecular complexity index is 236. The molecule has 0 heterocycles. The van der Waals surface area contributed by atoms with E-state index in [2.05, 4.69) is 52.0 Å². The van der Waals surface area contributed by atoms with Crippen molar-refractivity contribution in [2.45, 2.75) is 39.5 Å². The van der Waals surface area contributed by atoms with Gasteiger partial charge < -0.3 is 24.8 Å². The van der Waals surface area contributed by atoms with Crippen LogP contribution in [0.1, 0.15) is 50.7 Å². The summed E-state index contributed by atoms with van der Waals surface area (Å²) in [5.74, 6) is 1.17. The molecule has 3 heteroatoms. The van der Waals surface area contributed by atoms with Crippen LogP contribution in [-0.4, -0.2) is 0 Å². The van der Waals surface area contributed by atoms with Crippen molar-refractivity contribution >= 4 is 0 Å². The number of hydrogen-bond acceptors (Lipinski definition) is 0. The van der Waals surface area contributed by atoms with Crippen LogP contribution < -0.4 is 24.8 Å². The van der Waals surface area contributed by atoms with Crippen molar-refractivity contribution in [2.24, 2.45) is 0 Å². The first-order valence-corrected chi connectivity index (χ1v) is 4.63. The Labute approximate surface area is 121 Å². The zero-order valence-corrected chi connectivity index (χ0v) is 12.7. The Morgan fingerprint density at radius 1 is 0.867 bits per heavy atom. The minimum absolute atomic E-state index is 0. The molecule has 0 nitrogen and oxygen atoms in total. The summed E-state index contributed by atoms with van der Waals surface area (Å²) in [6, 6.07) is 9.87. The Hall–Kier alpha value is 0.514. The molecular formula is C12H17Cl2Ti. The first-order valence-electron chi connectivity index (χ1n) is 4.63. The maximum atomic E-state index is 3.44. The second kappa shape index (κ2) is 9.72. The van der Waals surface area contributed by atoms with Gasteiger partial charge in [-0.05, 0) is 11.8 Å². The van der Waals surface area contributed by atoms with Crippen LogP contribution in [0.2, 0.25) is 0 Å². The first-order chi connectivity index (χ1) is 5.61. The largest absolute Gasteiger partial charge is 3.00 e. The van der Waals surface area contributed by atoms with Crippen molar-refractivity contribution in [3.05, 3.63) is 35.4 Å². The summed E-state index contributed by atoms with van der Waals surface area (Å²) >= 11 is 0. The molecule has 0 bridgehead atoms. The van der Waals surface area contributed by atoms with Crippen molar-refractivity contribution in [1.29, 1.82) is 0 Å². The molecule has 0 N–H and O–H groups in total.